The summed E-state index contributed by atoms with van der Waals surface area (Å²) in [5, 5.41) is 3.48. The van der Waals surface area contributed by atoms with E-state index in [2.05, 4.69) is 42.9 Å². The van der Waals surface area contributed by atoms with Crippen molar-refractivity contribution in [2.24, 2.45) is 16.8 Å². The fraction of sp³-hybridized carbons (Fsp3) is 0.882. The average molecular weight is 310 g/mol. The zero-order valence-electron chi connectivity index (χ0n) is 15.2. The lowest BCUT2D eigenvalue weighted by molar-refractivity contribution is -0.127. The lowest BCUT2D eigenvalue weighted by Crippen LogP contribution is -2.44. The topological polar surface area (TPSA) is 47.9 Å². The van der Waals surface area contributed by atoms with E-state index in [1.165, 1.54) is 12.8 Å². The number of nitrogens with zero attached hydrogens (tertiary/aromatic N) is 3. The molecular formula is C17H34N4O. The summed E-state index contributed by atoms with van der Waals surface area (Å²) in [7, 11) is 3.54. The number of amides is 1. The molecule has 2 unspecified atom stereocenters. The highest BCUT2D eigenvalue weighted by Gasteiger charge is 2.26. The van der Waals surface area contributed by atoms with Crippen LogP contribution < -0.4 is 5.32 Å². The van der Waals surface area contributed by atoms with Crippen LogP contribution in [0.15, 0.2) is 4.99 Å². The summed E-state index contributed by atoms with van der Waals surface area (Å²) in [4.78, 5) is 20.3. The van der Waals surface area contributed by atoms with Crippen LogP contribution in [0.5, 0.6) is 0 Å². The maximum absolute atomic E-state index is 11.8. The first kappa shape index (κ1) is 18.8. The molecule has 0 aromatic carbocycles. The lowest BCUT2D eigenvalue weighted by atomic mass is 9.97. The van der Waals surface area contributed by atoms with Gasteiger partial charge in [-0.25, -0.2) is 4.99 Å². The van der Waals surface area contributed by atoms with Gasteiger partial charge in [0.1, 0.15) is 6.54 Å². The maximum Gasteiger partial charge on any atom is 0.243 e. The minimum atomic E-state index is 0.0429. The predicted octanol–water partition coefficient (Wildman–Crippen LogP) is 2.19. The largest absolute Gasteiger partial charge is 0.354 e. The van der Waals surface area contributed by atoms with E-state index >= 15 is 0 Å². The quantitative estimate of drug-likeness (QED) is 0.604. The molecule has 5 nitrogen and oxygen atoms in total. The van der Waals surface area contributed by atoms with Gasteiger partial charge in [0.2, 0.25) is 5.91 Å². The van der Waals surface area contributed by atoms with Crippen molar-refractivity contribution in [2.75, 3.05) is 33.7 Å². The van der Waals surface area contributed by atoms with Crippen molar-refractivity contribution >= 4 is 11.9 Å². The van der Waals surface area contributed by atoms with Gasteiger partial charge < -0.3 is 15.1 Å². The molecule has 0 spiro atoms. The molecule has 1 aliphatic heterocycles. The van der Waals surface area contributed by atoms with Crippen LogP contribution in [0.2, 0.25) is 0 Å². The van der Waals surface area contributed by atoms with Crippen LogP contribution in [-0.4, -0.2) is 61.4 Å². The highest BCUT2D eigenvalue weighted by molar-refractivity contribution is 5.85. The molecule has 128 valence electrons. The molecule has 0 saturated carbocycles. The molecule has 1 saturated heterocycles. The summed E-state index contributed by atoms with van der Waals surface area (Å²) < 4.78 is 0. The van der Waals surface area contributed by atoms with Crippen LogP contribution in [0.1, 0.15) is 47.0 Å². The molecule has 1 aliphatic rings. The first-order valence-corrected chi connectivity index (χ1v) is 8.59. The van der Waals surface area contributed by atoms with Crippen molar-refractivity contribution in [2.45, 2.75) is 53.0 Å². The van der Waals surface area contributed by atoms with E-state index in [0.717, 1.165) is 37.3 Å². The van der Waals surface area contributed by atoms with Crippen molar-refractivity contribution in [3.8, 4) is 0 Å². The molecule has 0 radical (unpaired) electrons. The second-order valence-corrected chi connectivity index (χ2v) is 7.11. The number of carbonyl (C=O) groups is 1. The fourth-order valence-corrected chi connectivity index (χ4v) is 2.73. The second-order valence-electron chi connectivity index (χ2n) is 7.11. The molecule has 1 heterocycles. The highest BCUT2D eigenvalue weighted by atomic mass is 16.2. The van der Waals surface area contributed by atoms with Gasteiger partial charge in [-0.2, -0.15) is 0 Å². The monoisotopic (exact) mass is 310 g/mol. The lowest BCUT2D eigenvalue weighted by Gasteiger charge is -2.25. The van der Waals surface area contributed by atoms with Crippen molar-refractivity contribution in [3.63, 3.8) is 0 Å². The summed E-state index contributed by atoms with van der Waals surface area (Å²) in [6.45, 7) is 11.2. The summed E-state index contributed by atoms with van der Waals surface area (Å²) in [6.07, 6.45) is 3.54. The number of nitrogens with one attached hydrogen (secondary N) is 1. The number of aliphatic imine (C=N–C) groups is 1. The molecule has 0 bridgehead atoms. The number of hydrogen-bond donors (Lipinski definition) is 1. The van der Waals surface area contributed by atoms with Gasteiger partial charge in [0.05, 0.1) is 0 Å². The van der Waals surface area contributed by atoms with Gasteiger partial charge in [-0.05, 0) is 38.0 Å². The number of guanidine groups is 1. The zero-order valence-corrected chi connectivity index (χ0v) is 15.2. The Labute approximate surface area is 136 Å². The molecule has 22 heavy (non-hydrogen) atoms. The van der Waals surface area contributed by atoms with Gasteiger partial charge in [-0.1, -0.05) is 20.8 Å². The van der Waals surface area contributed by atoms with E-state index in [9.17, 15) is 4.79 Å². The Morgan fingerprint density at radius 3 is 2.59 bits per heavy atom. The third kappa shape index (κ3) is 6.24. The number of hydrogen-bond acceptors (Lipinski definition) is 2. The molecule has 1 rings (SSSR count). The first-order chi connectivity index (χ1) is 10.3. The zero-order chi connectivity index (χ0) is 16.7. The first-order valence-electron chi connectivity index (χ1n) is 8.59. The Morgan fingerprint density at radius 2 is 2.05 bits per heavy atom. The smallest absolute Gasteiger partial charge is 0.243 e. The SMILES string of the molecule is CCC(C)NC(=NCC(=O)N(C)C)N1CCC(CC(C)C)C1. The molecule has 0 aromatic rings. The molecule has 1 N–H and O–H groups in total. The molecular weight excluding hydrogens is 276 g/mol. The normalized spacial score (nSPS) is 20.4. The van der Waals surface area contributed by atoms with E-state index in [-0.39, 0.29) is 12.5 Å². The third-order valence-corrected chi connectivity index (χ3v) is 4.24. The summed E-state index contributed by atoms with van der Waals surface area (Å²) >= 11 is 0. The average Bonchev–Trinajstić information content (AvgIpc) is 2.89. The van der Waals surface area contributed by atoms with Crippen LogP contribution >= 0.6 is 0 Å². The highest BCUT2D eigenvalue weighted by Crippen LogP contribution is 2.23. The Balaban J connectivity index is 2.69. The van der Waals surface area contributed by atoms with Crippen LogP contribution in [-0.2, 0) is 4.79 Å². The third-order valence-electron chi connectivity index (χ3n) is 4.24. The number of likely N-dealkylation sites (N-methyl/N-ethyl adjacent to an activating group) is 1. The summed E-state index contributed by atoms with van der Waals surface area (Å²) in [5.74, 6) is 2.42. The van der Waals surface area contributed by atoms with Crippen molar-refractivity contribution in [1.29, 1.82) is 0 Å². The van der Waals surface area contributed by atoms with Gasteiger partial charge in [-0.3, -0.25) is 4.79 Å². The predicted molar refractivity (Wildman–Crippen MR) is 93.0 cm³/mol. The van der Waals surface area contributed by atoms with E-state index in [1.54, 1.807) is 19.0 Å². The number of likely N-dealkylation sites (tertiary alicyclic amines) is 1. The van der Waals surface area contributed by atoms with Gasteiger partial charge >= 0.3 is 0 Å². The fourth-order valence-electron chi connectivity index (χ4n) is 2.73. The molecule has 5 heteroatoms. The van der Waals surface area contributed by atoms with E-state index < -0.39 is 0 Å². The van der Waals surface area contributed by atoms with Crippen LogP contribution in [0.25, 0.3) is 0 Å². The number of carbonyl (C=O) groups excluding carboxylic acids is 1. The second kappa shape index (κ2) is 9.01. The Morgan fingerprint density at radius 1 is 1.36 bits per heavy atom. The standard InChI is InChI=1S/C17H34N4O/c1-7-14(4)19-17(18-11-16(22)20(5)6)21-9-8-15(12-21)10-13(2)3/h13-15H,7-12H2,1-6H3,(H,18,19). The maximum atomic E-state index is 11.8. The minimum absolute atomic E-state index is 0.0429. The molecule has 0 aliphatic carbocycles. The number of rotatable bonds is 6. The van der Waals surface area contributed by atoms with Gasteiger partial charge in [-0.15, -0.1) is 0 Å². The molecule has 1 amide bonds. The summed E-state index contributed by atoms with van der Waals surface area (Å²) in [5.41, 5.74) is 0. The van der Waals surface area contributed by atoms with Crippen molar-refractivity contribution in [3.05, 3.63) is 0 Å². The van der Waals surface area contributed by atoms with Gasteiger partial charge in [0.15, 0.2) is 5.96 Å². The van der Waals surface area contributed by atoms with Gasteiger partial charge in [0, 0.05) is 33.2 Å². The molecule has 1 fully saturated rings. The van der Waals surface area contributed by atoms with E-state index in [0.29, 0.717) is 6.04 Å². The van der Waals surface area contributed by atoms with E-state index in [1.807, 2.05) is 0 Å². The molecule has 2 atom stereocenters. The van der Waals surface area contributed by atoms with Gasteiger partial charge in [0.25, 0.3) is 0 Å². The summed E-state index contributed by atoms with van der Waals surface area (Å²) in [6, 6.07) is 0.373. The van der Waals surface area contributed by atoms with Crippen molar-refractivity contribution in [1.82, 2.24) is 15.1 Å². The Hall–Kier alpha value is -1.26. The van der Waals surface area contributed by atoms with Crippen LogP contribution in [0, 0.1) is 11.8 Å². The Kier molecular flexibility index (Phi) is 7.69. The van der Waals surface area contributed by atoms with Crippen LogP contribution in [0.4, 0.5) is 0 Å². The Bertz CT molecular complexity index is 379. The minimum Gasteiger partial charge on any atom is -0.354 e. The van der Waals surface area contributed by atoms with E-state index in [4.69, 9.17) is 0 Å². The molecule has 0 aromatic heterocycles. The van der Waals surface area contributed by atoms with Crippen LogP contribution in [0.3, 0.4) is 0 Å². The van der Waals surface area contributed by atoms with Crippen molar-refractivity contribution < 1.29 is 4.79 Å².